The van der Waals surface area contributed by atoms with Crippen LogP contribution in [0.2, 0.25) is 0 Å². The lowest BCUT2D eigenvalue weighted by molar-refractivity contribution is -0.177. The fraction of sp³-hybridized carbons (Fsp3) is 0.946. The highest BCUT2D eigenvalue weighted by Gasteiger charge is 2.47. The Morgan fingerprint density at radius 2 is 1.40 bits per heavy atom. The molecule has 0 spiro atoms. The van der Waals surface area contributed by atoms with E-state index >= 15 is 0 Å². The van der Waals surface area contributed by atoms with Crippen LogP contribution in [0.15, 0.2) is 0 Å². The first-order chi connectivity index (χ1) is 21.5. The topological polar surface area (TPSA) is 83.5 Å². The van der Waals surface area contributed by atoms with Crippen molar-refractivity contribution in [2.45, 2.75) is 180 Å². The summed E-state index contributed by atoms with van der Waals surface area (Å²) in [5.41, 5.74) is 0. The second kappa shape index (κ2) is 16.7. The molecule has 0 radical (unpaired) electrons. The Hall–Kier alpha value is -1.22. The number of hydrogen-bond donors (Lipinski definition) is 0. The minimum atomic E-state index is -0.377. The van der Waals surface area contributed by atoms with Crippen molar-refractivity contribution in [3.05, 3.63) is 0 Å². The number of cyclic esters (lactones) is 2. The average molecular weight is 636 g/mol. The van der Waals surface area contributed by atoms with Crippen molar-refractivity contribution in [2.24, 2.45) is 29.6 Å². The lowest BCUT2D eigenvalue weighted by Gasteiger charge is -2.37. The van der Waals surface area contributed by atoms with E-state index in [4.69, 9.17) is 23.7 Å². The van der Waals surface area contributed by atoms with E-state index in [-0.39, 0.29) is 90.4 Å². The van der Waals surface area contributed by atoms with Gasteiger partial charge >= 0.3 is 11.9 Å². The lowest BCUT2D eigenvalue weighted by Crippen LogP contribution is -2.45. The van der Waals surface area contributed by atoms with Crippen LogP contribution >= 0.6 is 0 Å². The summed E-state index contributed by atoms with van der Waals surface area (Å²) in [5.74, 6) is -0.976. The predicted molar refractivity (Wildman–Crippen MR) is 176 cm³/mol. The van der Waals surface area contributed by atoms with Crippen molar-refractivity contribution >= 4 is 11.9 Å². The number of nitrogens with zero attached hydrogens (tertiary/aromatic N) is 1. The number of carbonyl (C=O) groups excluding carboxylic acids is 2. The molecule has 0 saturated carbocycles. The SMILES string of the molecule is CCC[C@H](C[C@@H]1CC[C@H]([C@@H](C)[C@@H]2OC(=O)[C@H](C)[C@H]3CC[C@H](O3)[C@H](C)[C@@H](CCC)OC(=O)[C@H](CC)[C@H]3CC[C@H](O3)[C@@H]2C)O1)N(C)C. The summed E-state index contributed by atoms with van der Waals surface area (Å²) in [6.45, 7) is 14.8. The van der Waals surface area contributed by atoms with Crippen LogP contribution in [0, 0.1) is 29.6 Å². The highest BCUT2D eigenvalue weighted by atomic mass is 16.6. The quantitative estimate of drug-likeness (QED) is 0.238. The average Bonchev–Trinajstić information content (AvgIpc) is 3.79. The van der Waals surface area contributed by atoms with E-state index in [2.05, 4.69) is 60.5 Å². The van der Waals surface area contributed by atoms with Crippen molar-refractivity contribution in [2.75, 3.05) is 14.1 Å². The summed E-state index contributed by atoms with van der Waals surface area (Å²) >= 11 is 0. The highest BCUT2D eigenvalue weighted by Crippen LogP contribution is 2.40. The van der Waals surface area contributed by atoms with Gasteiger partial charge in [-0.3, -0.25) is 9.59 Å². The highest BCUT2D eigenvalue weighted by molar-refractivity contribution is 5.73. The molecule has 4 bridgehead atoms. The van der Waals surface area contributed by atoms with Gasteiger partial charge in [0.25, 0.3) is 0 Å². The Morgan fingerprint density at radius 3 is 2.04 bits per heavy atom. The maximum absolute atomic E-state index is 13.9. The molecule has 4 fully saturated rings. The number of carbonyl (C=O) groups is 2. The molecule has 0 unspecified atom stereocenters. The van der Waals surface area contributed by atoms with Gasteiger partial charge < -0.3 is 28.6 Å². The molecular weight excluding hydrogens is 570 g/mol. The fourth-order valence-corrected chi connectivity index (χ4v) is 8.61. The van der Waals surface area contributed by atoms with E-state index in [1.807, 2.05) is 6.92 Å². The largest absolute Gasteiger partial charge is 0.462 e. The van der Waals surface area contributed by atoms with Crippen LogP contribution in [0.25, 0.3) is 0 Å². The first-order valence-electron chi connectivity index (χ1n) is 18.5. The predicted octanol–water partition coefficient (Wildman–Crippen LogP) is 6.96. The summed E-state index contributed by atoms with van der Waals surface area (Å²) < 4.78 is 32.8. The van der Waals surface area contributed by atoms with Gasteiger partial charge in [-0.15, -0.1) is 0 Å². The minimum absolute atomic E-state index is 0.0191. The van der Waals surface area contributed by atoms with E-state index in [0.717, 1.165) is 70.6 Å². The smallest absolute Gasteiger partial charge is 0.311 e. The monoisotopic (exact) mass is 635 g/mol. The molecule has 4 heterocycles. The van der Waals surface area contributed by atoms with Crippen molar-refractivity contribution < 1.29 is 33.3 Å². The standard InChI is InChI=1S/C37H65NO7/c1-10-13-26(38(8)9)21-27-15-16-31(41-27)23(5)35-24(6)32-19-20-34(43-32)28(12-3)37(40)44-29(14-11-2)22(4)30-17-18-33(42-30)25(7)36(39)45-35/h22-35H,10-21H2,1-9H3/t22-,23-,24+,25-,26-,27+,28-,29-,30+,31-,32+,33-,34-,35+/m1/s1. The van der Waals surface area contributed by atoms with Crippen molar-refractivity contribution in [3.8, 4) is 0 Å². The van der Waals surface area contributed by atoms with Crippen LogP contribution in [0.3, 0.4) is 0 Å². The van der Waals surface area contributed by atoms with Gasteiger partial charge in [0.05, 0.1) is 48.5 Å². The van der Waals surface area contributed by atoms with E-state index in [1.54, 1.807) is 0 Å². The third-order valence-electron chi connectivity index (χ3n) is 11.8. The molecule has 0 aromatic rings. The summed E-state index contributed by atoms with van der Waals surface area (Å²) in [6.07, 6.45) is 10.2. The zero-order valence-corrected chi connectivity index (χ0v) is 29.9. The molecule has 8 heteroatoms. The molecule has 0 N–H and O–H groups in total. The number of esters is 2. The van der Waals surface area contributed by atoms with Gasteiger partial charge in [-0.25, -0.2) is 0 Å². The molecule has 260 valence electrons. The van der Waals surface area contributed by atoms with Crippen LogP contribution in [0.1, 0.15) is 126 Å². The molecule has 45 heavy (non-hydrogen) atoms. The van der Waals surface area contributed by atoms with E-state index in [0.29, 0.717) is 12.5 Å². The van der Waals surface area contributed by atoms with Crippen LogP contribution in [0.5, 0.6) is 0 Å². The molecule has 4 aliphatic heterocycles. The number of ether oxygens (including phenoxy) is 5. The molecule has 0 aliphatic carbocycles. The maximum atomic E-state index is 13.9. The van der Waals surface area contributed by atoms with Crippen LogP contribution in [-0.4, -0.2) is 85.8 Å². The first kappa shape index (κ1) is 36.6. The summed E-state index contributed by atoms with van der Waals surface area (Å²) in [4.78, 5) is 29.8. The molecule has 14 atom stereocenters. The van der Waals surface area contributed by atoms with Crippen molar-refractivity contribution in [1.29, 1.82) is 0 Å². The Morgan fingerprint density at radius 1 is 0.756 bits per heavy atom. The molecule has 8 nitrogen and oxygen atoms in total. The van der Waals surface area contributed by atoms with Gasteiger partial charge in [-0.05, 0) is 85.2 Å². The Labute approximate surface area is 274 Å². The van der Waals surface area contributed by atoms with Gasteiger partial charge in [0.2, 0.25) is 0 Å². The van der Waals surface area contributed by atoms with Crippen LogP contribution in [0.4, 0.5) is 0 Å². The van der Waals surface area contributed by atoms with Crippen LogP contribution < -0.4 is 0 Å². The second-order valence-corrected chi connectivity index (χ2v) is 15.1. The zero-order chi connectivity index (χ0) is 32.8. The van der Waals surface area contributed by atoms with Crippen LogP contribution in [-0.2, 0) is 33.3 Å². The van der Waals surface area contributed by atoms with Gasteiger partial charge in [0.1, 0.15) is 12.2 Å². The summed E-state index contributed by atoms with van der Waals surface area (Å²) in [5, 5.41) is 0. The minimum Gasteiger partial charge on any atom is -0.462 e. The molecule has 0 aromatic heterocycles. The fourth-order valence-electron chi connectivity index (χ4n) is 8.61. The van der Waals surface area contributed by atoms with Crippen molar-refractivity contribution in [3.63, 3.8) is 0 Å². The van der Waals surface area contributed by atoms with Gasteiger partial charge in [-0.1, -0.05) is 54.4 Å². The van der Waals surface area contributed by atoms with Gasteiger partial charge in [0.15, 0.2) is 0 Å². The first-order valence-corrected chi connectivity index (χ1v) is 18.5. The zero-order valence-electron chi connectivity index (χ0n) is 29.9. The Bertz CT molecular complexity index is 944. The number of rotatable bonds is 10. The molecule has 4 aliphatic rings. The third-order valence-corrected chi connectivity index (χ3v) is 11.8. The molecule has 4 saturated heterocycles. The lowest BCUT2D eigenvalue weighted by atomic mass is 9.84. The molecule has 4 rings (SSSR count). The van der Waals surface area contributed by atoms with E-state index < -0.39 is 0 Å². The summed E-state index contributed by atoms with van der Waals surface area (Å²) in [6, 6.07) is 0.506. The van der Waals surface area contributed by atoms with Gasteiger partial charge in [0, 0.05) is 23.8 Å². The van der Waals surface area contributed by atoms with Crippen molar-refractivity contribution in [1.82, 2.24) is 4.90 Å². The maximum Gasteiger partial charge on any atom is 0.311 e. The normalized spacial score (nSPS) is 41.2. The molecule has 0 aromatic carbocycles. The molecule has 0 amide bonds. The Balaban J connectivity index is 1.55. The van der Waals surface area contributed by atoms with Gasteiger partial charge in [-0.2, -0.15) is 0 Å². The third kappa shape index (κ3) is 8.83. The summed E-state index contributed by atoms with van der Waals surface area (Å²) in [7, 11) is 4.32. The number of hydrogen-bond acceptors (Lipinski definition) is 8. The van der Waals surface area contributed by atoms with E-state index in [9.17, 15) is 9.59 Å². The van der Waals surface area contributed by atoms with E-state index in [1.165, 1.54) is 0 Å². The number of fused-ring (bicyclic) bond motifs is 4. The second-order valence-electron chi connectivity index (χ2n) is 15.1. The molecular formula is C37H65NO7. The Kier molecular flexibility index (Phi) is 13.6.